The fourth-order valence-corrected chi connectivity index (χ4v) is 1.49. The van der Waals surface area contributed by atoms with Crippen molar-refractivity contribution < 1.29 is 5.11 Å². The van der Waals surface area contributed by atoms with Crippen molar-refractivity contribution in [3.8, 4) is 24.2 Å². The number of terminal acetylenes is 1. The van der Waals surface area contributed by atoms with E-state index in [1.54, 1.807) is 0 Å². The van der Waals surface area contributed by atoms with Gasteiger partial charge in [-0.05, 0) is 24.5 Å². The molecular weight excluding hydrogens is 220 g/mol. The van der Waals surface area contributed by atoms with Crippen molar-refractivity contribution >= 4 is 6.08 Å². The van der Waals surface area contributed by atoms with Gasteiger partial charge in [-0.3, -0.25) is 0 Å². The van der Waals surface area contributed by atoms with Crippen molar-refractivity contribution in [3.05, 3.63) is 41.5 Å². The maximum atomic E-state index is 9.23. The minimum atomic E-state index is -0.0216. The Kier molecular flexibility index (Phi) is 7.14. The second kappa shape index (κ2) is 9.11. The quantitative estimate of drug-likeness (QED) is 0.616. The molecule has 0 radical (unpaired) electrons. The summed E-state index contributed by atoms with van der Waals surface area (Å²) in [5, 5.41) is 9.23. The molecule has 1 rings (SSSR count). The van der Waals surface area contributed by atoms with Crippen LogP contribution in [0.15, 0.2) is 35.9 Å². The summed E-state index contributed by atoms with van der Waals surface area (Å²) >= 11 is 0. The van der Waals surface area contributed by atoms with E-state index in [-0.39, 0.29) is 6.61 Å². The van der Waals surface area contributed by atoms with E-state index in [1.807, 2.05) is 36.4 Å². The molecule has 1 aromatic carbocycles. The van der Waals surface area contributed by atoms with Crippen molar-refractivity contribution in [1.82, 2.24) is 0 Å². The highest BCUT2D eigenvalue weighted by Gasteiger charge is 1.91. The minimum absolute atomic E-state index is 0.0216. The molecule has 0 aliphatic rings. The molecule has 0 unspecified atom stereocenters. The highest BCUT2D eigenvalue weighted by molar-refractivity contribution is 5.58. The number of unbranched alkanes of at least 4 members (excludes halogenated alkanes) is 3. The molecule has 0 bridgehead atoms. The summed E-state index contributed by atoms with van der Waals surface area (Å²) in [5.41, 5.74) is 1.81. The van der Waals surface area contributed by atoms with Gasteiger partial charge in [0, 0.05) is 18.4 Å². The van der Waals surface area contributed by atoms with E-state index in [1.165, 1.54) is 0 Å². The normalized spacial score (nSPS) is 10.3. The lowest BCUT2D eigenvalue weighted by Gasteiger charge is -1.95. The predicted molar refractivity (Wildman–Crippen MR) is 76.6 cm³/mol. The van der Waals surface area contributed by atoms with Crippen LogP contribution in [0.25, 0.3) is 6.08 Å². The average molecular weight is 238 g/mol. The van der Waals surface area contributed by atoms with Gasteiger partial charge < -0.3 is 5.11 Å². The summed E-state index contributed by atoms with van der Waals surface area (Å²) in [7, 11) is 0. The Morgan fingerprint density at radius 2 is 1.89 bits per heavy atom. The van der Waals surface area contributed by atoms with Crippen molar-refractivity contribution in [3.63, 3.8) is 0 Å². The number of aliphatic hydroxyl groups excluding tert-OH is 1. The molecule has 0 aliphatic heterocycles. The molecule has 1 nitrogen and oxygen atoms in total. The Hall–Kier alpha value is -1.96. The first kappa shape index (κ1) is 14.1. The zero-order chi connectivity index (χ0) is 13.1. The molecule has 92 valence electrons. The van der Waals surface area contributed by atoms with E-state index in [0.29, 0.717) is 0 Å². The van der Waals surface area contributed by atoms with Crippen LogP contribution in [0.3, 0.4) is 0 Å². The van der Waals surface area contributed by atoms with Crippen molar-refractivity contribution in [2.75, 3.05) is 6.61 Å². The Morgan fingerprint density at radius 3 is 2.56 bits per heavy atom. The first-order valence-electron chi connectivity index (χ1n) is 6.15. The second-order valence-electron chi connectivity index (χ2n) is 3.95. The van der Waals surface area contributed by atoms with Gasteiger partial charge in [0.15, 0.2) is 0 Å². The largest absolute Gasteiger partial charge is 0.391 e. The fraction of sp³-hybridized carbons (Fsp3) is 0.294. The molecule has 0 aromatic heterocycles. The van der Waals surface area contributed by atoms with Crippen LogP contribution in [0.4, 0.5) is 0 Å². The Morgan fingerprint density at radius 1 is 1.17 bits per heavy atom. The molecule has 18 heavy (non-hydrogen) atoms. The summed E-state index contributed by atoms with van der Waals surface area (Å²) in [5.74, 6) is 8.68. The number of benzene rings is 1. The van der Waals surface area contributed by atoms with Gasteiger partial charge in [0.1, 0.15) is 0 Å². The van der Waals surface area contributed by atoms with E-state index in [9.17, 15) is 5.11 Å². The van der Waals surface area contributed by atoms with E-state index >= 15 is 0 Å². The van der Waals surface area contributed by atoms with Crippen LogP contribution >= 0.6 is 0 Å². The predicted octanol–water partition coefficient (Wildman–Crippen LogP) is 3.26. The van der Waals surface area contributed by atoms with E-state index in [0.717, 1.165) is 36.8 Å². The SMILES string of the molecule is C#CCCCCC#CC(=Cc1ccccc1)CO. The summed E-state index contributed by atoms with van der Waals surface area (Å²) in [6.07, 6.45) is 10.8. The third-order valence-corrected chi connectivity index (χ3v) is 2.43. The molecular formula is C17H18O. The molecule has 0 aliphatic carbocycles. The first-order valence-corrected chi connectivity index (χ1v) is 6.15. The molecule has 0 heterocycles. The van der Waals surface area contributed by atoms with Crippen LogP contribution < -0.4 is 0 Å². The molecule has 0 saturated carbocycles. The van der Waals surface area contributed by atoms with E-state index in [4.69, 9.17) is 6.42 Å². The van der Waals surface area contributed by atoms with Crippen LogP contribution in [-0.4, -0.2) is 11.7 Å². The fourth-order valence-electron chi connectivity index (χ4n) is 1.49. The Bertz CT molecular complexity index is 466. The van der Waals surface area contributed by atoms with Crippen LogP contribution in [0.1, 0.15) is 31.2 Å². The molecule has 1 heteroatoms. The smallest absolute Gasteiger partial charge is 0.0760 e. The van der Waals surface area contributed by atoms with Crippen molar-refractivity contribution in [1.29, 1.82) is 0 Å². The van der Waals surface area contributed by atoms with Gasteiger partial charge in [0.05, 0.1) is 6.61 Å². The van der Waals surface area contributed by atoms with E-state index < -0.39 is 0 Å². The van der Waals surface area contributed by atoms with Gasteiger partial charge >= 0.3 is 0 Å². The Labute approximate surface area is 110 Å². The monoisotopic (exact) mass is 238 g/mol. The first-order chi connectivity index (χ1) is 8.86. The Balaban J connectivity index is 2.50. The molecule has 1 N–H and O–H groups in total. The van der Waals surface area contributed by atoms with Crippen LogP contribution in [0.2, 0.25) is 0 Å². The van der Waals surface area contributed by atoms with Crippen LogP contribution in [-0.2, 0) is 0 Å². The number of rotatable bonds is 5. The zero-order valence-electron chi connectivity index (χ0n) is 10.5. The maximum absolute atomic E-state index is 9.23. The topological polar surface area (TPSA) is 20.2 Å². The third-order valence-electron chi connectivity index (χ3n) is 2.43. The number of aliphatic hydroxyl groups is 1. The summed E-state index contributed by atoms with van der Waals surface area (Å²) in [4.78, 5) is 0. The van der Waals surface area contributed by atoms with Gasteiger partial charge in [-0.1, -0.05) is 42.2 Å². The standard InChI is InChI=1S/C17H18O/c1-2-3-4-5-6-8-13-17(15-18)14-16-11-9-7-10-12-16/h1,7,9-12,14,18H,3-6,15H2. The van der Waals surface area contributed by atoms with Gasteiger partial charge in [-0.15, -0.1) is 12.3 Å². The number of hydrogen-bond acceptors (Lipinski definition) is 1. The van der Waals surface area contributed by atoms with E-state index in [2.05, 4.69) is 17.8 Å². The lowest BCUT2D eigenvalue weighted by Crippen LogP contribution is -1.86. The second-order valence-corrected chi connectivity index (χ2v) is 3.95. The van der Waals surface area contributed by atoms with Gasteiger partial charge in [-0.25, -0.2) is 0 Å². The van der Waals surface area contributed by atoms with Gasteiger partial charge in [0.25, 0.3) is 0 Å². The highest BCUT2D eigenvalue weighted by Crippen LogP contribution is 2.05. The summed E-state index contributed by atoms with van der Waals surface area (Å²) < 4.78 is 0. The van der Waals surface area contributed by atoms with Gasteiger partial charge in [0.2, 0.25) is 0 Å². The van der Waals surface area contributed by atoms with Crippen molar-refractivity contribution in [2.24, 2.45) is 0 Å². The molecule has 0 saturated heterocycles. The molecule has 0 amide bonds. The highest BCUT2D eigenvalue weighted by atomic mass is 16.3. The molecule has 0 spiro atoms. The summed E-state index contributed by atoms with van der Waals surface area (Å²) in [6, 6.07) is 9.88. The van der Waals surface area contributed by atoms with Gasteiger partial charge in [-0.2, -0.15) is 0 Å². The third kappa shape index (κ3) is 5.94. The molecule has 0 atom stereocenters. The molecule has 1 aromatic rings. The van der Waals surface area contributed by atoms with Crippen LogP contribution in [0, 0.1) is 24.2 Å². The van der Waals surface area contributed by atoms with Crippen LogP contribution in [0.5, 0.6) is 0 Å². The minimum Gasteiger partial charge on any atom is -0.391 e. The lowest BCUT2D eigenvalue weighted by atomic mass is 10.1. The summed E-state index contributed by atoms with van der Waals surface area (Å²) in [6.45, 7) is -0.0216. The lowest BCUT2D eigenvalue weighted by molar-refractivity contribution is 0.337. The maximum Gasteiger partial charge on any atom is 0.0760 e. The average Bonchev–Trinajstić information content (AvgIpc) is 2.42. The van der Waals surface area contributed by atoms with Crippen molar-refractivity contribution in [2.45, 2.75) is 25.7 Å². The number of hydrogen-bond donors (Lipinski definition) is 1. The zero-order valence-corrected chi connectivity index (χ0v) is 10.5. The molecule has 0 fully saturated rings.